The molecule has 4 N–H and O–H groups in total. The predicted molar refractivity (Wildman–Crippen MR) is 136 cm³/mol. The Kier molecular flexibility index (Phi) is 5.62. The number of aromatic nitrogens is 7. The monoisotopic (exact) mass is 514 g/mol. The third-order valence-electron chi connectivity index (χ3n) is 7.41. The number of piperidine rings is 1. The molecule has 0 spiro atoms. The molecule has 0 unspecified atom stereocenters. The SMILES string of the molecule is CC(=O)Nc1ccc(-c2cnn3c(N)c(C(C)=O)c([C@@H]4C[C@H]5CC[C@@H](C4)N5C(=O)c4ncn[nH]4)nc23)cn1. The number of carbonyl (C=O) groups excluding carboxylic acids is 3. The fourth-order valence-corrected chi connectivity index (χ4v) is 5.86. The van der Waals surface area contributed by atoms with Crippen LogP contribution in [0.4, 0.5) is 11.6 Å². The van der Waals surface area contributed by atoms with Crippen LogP contribution in [-0.2, 0) is 4.79 Å². The number of aromatic amines is 1. The first-order valence-electron chi connectivity index (χ1n) is 12.4. The molecule has 6 rings (SSSR count). The Morgan fingerprint density at radius 3 is 2.45 bits per heavy atom. The third kappa shape index (κ3) is 3.86. The summed E-state index contributed by atoms with van der Waals surface area (Å²) in [4.78, 5) is 52.4. The number of nitrogens with zero attached hydrogens (tertiary/aromatic N) is 7. The number of amides is 2. The highest BCUT2D eigenvalue weighted by Gasteiger charge is 2.45. The number of nitrogens with two attached hydrogens (primary N) is 1. The van der Waals surface area contributed by atoms with E-state index in [-0.39, 0.29) is 47.2 Å². The number of ketones is 1. The molecule has 2 aliphatic heterocycles. The first-order valence-corrected chi connectivity index (χ1v) is 12.4. The molecular weight excluding hydrogens is 488 g/mol. The lowest BCUT2D eigenvalue weighted by Crippen LogP contribution is -2.46. The van der Waals surface area contributed by atoms with E-state index in [0.29, 0.717) is 41.1 Å². The summed E-state index contributed by atoms with van der Waals surface area (Å²) in [6.07, 6.45) is 7.67. The van der Waals surface area contributed by atoms with Crippen molar-refractivity contribution in [2.45, 2.75) is 57.5 Å². The smallest absolute Gasteiger partial charge is 0.291 e. The Balaban J connectivity index is 1.38. The van der Waals surface area contributed by atoms with E-state index >= 15 is 0 Å². The zero-order chi connectivity index (χ0) is 26.6. The second kappa shape index (κ2) is 9.01. The summed E-state index contributed by atoms with van der Waals surface area (Å²) in [5, 5.41) is 13.5. The van der Waals surface area contributed by atoms with E-state index in [4.69, 9.17) is 10.7 Å². The summed E-state index contributed by atoms with van der Waals surface area (Å²) in [5.74, 6) is 0.302. The number of hydrogen-bond donors (Lipinski definition) is 3. The molecule has 0 aliphatic carbocycles. The molecule has 38 heavy (non-hydrogen) atoms. The lowest BCUT2D eigenvalue weighted by atomic mass is 9.85. The summed E-state index contributed by atoms with van der Waals surface area (Å²) in [5.41, 5.74) is 9.48. The lowest BCUT2D eigenvalue weighted by Gasteiger charge is -2.38. The van der Waals surface area contributed by atoms with Crippen molar-refractivity contribution in [3.8, 4) is 11.1 Å². The standard InChI is InChI=1S/C25H26N10O3/c1-12(36)20-21(15-7-16-4-5-17(8-15)34(16)25(38)23-28-11-29-33-23)32-24-18(10-30-35(24)22(20)26)14-3-6-19(27-9-14)31-13(2)37/h3,6,9-11,15-17H,4-5,7-8,26H2,1-2H3,(H,27,31,37)(H,28,29,33)/t15-,16-,17+. The van der Waals surface area contributed by atoms with Crippen molar-refractivity contribution in [1.29, 1.82) is 0 Å². The predicted octanol–water partition coefficient (Wildman–Crippen LogP) is 2.20. The van der Waals surface area contributed by atoms with Gasteiger partial charge < -0.3 is 16.0 Å². The average Bonchev–Trinajstić information content (AvgIpc) is 3.62. The highest BCUT2D eigenvalue weighted by atomic mass is 16.2. The van der Waals surface area contributed by atoms with Crippen LogP contribution in [0.25, 0.3) is 16.8 Å². The van der Waals surface area contributed by atoms with E-state index in [0.717, 1.165) is 18.4 Å². The van der Waals surface area contributed by atoms with Gasteiger partial charge in [0.15, 0.2) is 11.4 Å². The number of Topliss-reactive ketones (excluding diaryl/α,β-unsaturated/α-hetero) is 1. The summed E-state index contributed by atoms with van der Waals surface area (Å²) < 4.78 is 1.48. The highest BCUT2D eigenvalue weighted by molar-refractivity contribution is 6.00. The van der Waals surface area contributed by atoms with Crippen molar-refractivity contribution in [2.24, 2.45) is 0 Å². The molecule has 13 heteroatoms. The molecule has 0 aromatic carbocycles. The van der Waals surface area contributed by atoms with Crippen molar-refractivity contribution in [2.75, 3.05) is 11.1 Å². The van der Waals surface area contributed by atoms with E-state index in [2.05, 4.69) is 30.6 Å². The van der Waals surface area contributed by atoms with Crippen LogP contribution in [0.2, 0.25) is 0 Å². The minimum atomic E-state index is -0.209. The van der Waals surface area contributed by atoms with Crippen molar-refractivity contribution >= 4 is 34.9 Å². The van der Waals surface area contributed by atoms with Gasteiger partial charge in [0.05, 0.1) is 17.5 Å². The Hall–Kier alpha value is -4.68. The number of nitrogens with one attached hydrogen (secondary N) is 2. The quantitative estimate of drug-likeness (QED) is 0.337. The fraction of sp³-hybridized carbons (Fsp3) is 0.360. The van der Waals surface area contributed by atoms with E-state index in [1.165, 1.54) is 24.7 Å². The van der Waals surface area contributed by atoms with Gasteiger partial charge in [-0.2, -0.15) is 14.7 Å². The van der Waals surface area contributed by atoms with Crippen molar-refractivity contribution in [3.05, 3.63) is 47.9 Å². The molecule has 4 aromatic rings. The summed E-state index contributed by atoms with van der Waals surface area (Å²) in [6, 6.07) is 3.53. The van der Waals surface area contributed by atoms with Crippen LogP contribution in [-0.4, -0.2) is 69.3 Å². The van der Waals surface area contributed by atoms with Gasteiger partial charge in [-0.1, -0.05) is 0 Å². The van der Waals surface area contributed by atoms with Gasteiger partial charge in [0, 0.05) is 42.2 Å². The third-order valence-corrected chi connectivity index (χ3v) is 7.41. The van der Waals surface area contributed by atoms with Gasteiger partial charge in [-0.15, -0.1) is 0 Å². The molecule has 194 valence electrons. The molecule has 2 amide bonds. The van der Waals surface area contributed by atoms with Crippen LogP contribution in [0.5, 0.6) is 0 Å². The van der Waals surface area contributed by atoms with Crippen LogP contribution in [0.3, 0.4) is 0 Å². The summed E-state index contributed by atoms with van der Waals surface area (Å²) >= 11 is 0. The second-order valence-electron chi connectivity index (χ2n) is 9.82. The number of fused-ring (bicyclic) bond motifs is 3. The van der Waals surface area contributed by atoms with Crippen LogP contribution in [0.15, 0.2) is 30.9 Å². The van der Waals surface area contributed by atoms with E-state index in [1.54, 1.807) is 18.5 Å². The summed E-state index contributed by atoms with van der Waals surface area (Å²) in [6.45, 7) is 2.90. The second-order valence-corrected chi connectivity index (χ2v) is 9.82. The maximum atomic E-state index is 13.1. The van der Waals surface area contributed by atoms with Crippen LogP contribution in [0.1, 0.15) is 72.1 Å². The molecule has 13 nitrogen and oxygen atoms in total. The van der Waals surface area contributed by atoms with Gasteiger partial charge in [-0.3, -0.25) is 19.5 Å². The zero-order valence-electron chi connectivity index (χ0n) is 20.9. The Morgan fingerprint density at radius 1 is 1.08 bits per heavy atom. The molecule has 4 aromatic heterocycles. The number of carbonyl (C=O) groups is 3. The molecule has 2 saturated heterocycles. The lowest BCUT2D eigenvalue weighted by molar-refractivity contribution is -0.114. The number of rotatable bonds is 5. The number of nitrogen functional groups attached to an aromatic ring is 1. The Morgan fingerprint density at radius 2 is 1.84 bits per heavy atom. The normalized spacial score (nSPS) is 20.6. The largest absolute Gasteiger partial charge is 0.383 e. The number of hydrogen-bond acceptors (Lipinski definition) is 9. The van der Waals surface area contributed by atoms with Gasteiger partial charge in [-0.25, -0.2) is 15.0 Å². The molecule has 2 bridgehead atoms. The highest BCUT2D eigenvalue weighted by Crippen LogP contribution is 2.45. The maximum Gasteiger partial charge on any atom is 0.291 e. The number of pyridine rings is 1. The van der Waals surface area contributed by atoms with E-state index in [9.17, 15) is 14.4 Å². The van der Waals surface area contributed by atoms with Crippen LogP contribution >= 0.6 is 0 Å². The first kappa shape index (κ1) is 23.7. The van der Waals surface area contributed by atoms with Crippen LogP contribution in [0, 0.1) is 0 Å². The van der Waals surface area contributed by atoms with Crippen LogP contribution < -0.4 is 11.1 Å². The molecule has 2 aliphatic rings. The molecule has 3 atom stereocenters. The van der Waals surface area contributed by atoms with Gasteiger partial charge in [0.2, 0.25) is 11.7 Å². The molecule has 2 fully saturated rings. The van der Waals surface area contributed by atoms with Crippen molar-refractivity contribution < 1.29 is 14.4 Å². The average molecular weight is 515 g/mol. The zero-order valence-corrected chi connectivity index (χ0v) is 20.9. The number of anilines is 2. The topological polar surface area (TPSA) is 177 Å². The number of H-pyrrole nitrogens is 1. The first-order chi connectivity index (χ1) is 18.3. The van der Waals surface area contributed by atoms with Gasteiger partial charge in [0.1, 0.15) is 18.0 Å². The Labute approximate surface area is 216 Å². The van der Waals surface area contributed by atoms with Crippen molar-refractivity contribution in [3.63, 3.8) is 0 Å². The van der Waals surface area contributed by atoms with E-state index in [1.807, 2.05) is 11.0 Å². The molecular formula is C25H26N10O3. The minimum absolute atomic E-state index is 0.00492. The van der Waals surface area contributed by atoms with Gasteiger partial charge >= 0.3 is 0 Å². The Bertz CT molecular complexity index is 1550. The van der Waals surface area contributed by atoms with Gasteiger partial charge in [-0.05, 0) is 44.7 Å². The maximum absolute atomic E-state index is 13.1. The molecule has 0 radical (unpaired) electrons. The molecule has 0 saturated carbocycles. The minimum Gasteiger partial charge on any atom is -0.383 e. The van der Waals surface area contributed by atoms with E-state index < -0.39 is 0 Å². The van der Waals surface area contributed by atoms with Crippen molar-refractivity contribution in [1.82, 2.24) is 39.7 Å². The molecule has 6 heterocycles. The van der Waals surface area contributed by atoms with Gasteiger partial charge in [0.25, 0.3) is 5.91 Å². The fourth-order valence-electron chi connectivity index (χ4n) is 5.86. The summed E-state index contributed by atoms with van der Waals surface area (Å²) in [7, 11) is 0.